The van der Waals surface area contributed by atoms with Crippen LogP contribution in [0.5, 0.6) is 0 Å². The number of hydrogen-bond acceptors (Lipinski definition) is 5. The third-order valence-electron chi connectivity index (χ3n) is 1.96. The van der Waals surface area contributed by atoms with E-state index in [4.69, 9.17) is 10.8 Å². The number of nitrogens with two attached hydrogens (primary N) is 1. The van der Waals surface area contributed by atoms with Crippen molar-refractivity contribution in [1.82, 2.24) is 20.0 Å². The quantitative estimate of drug-likeness (QED) is 0.731. The molecule has 0 unspecified atom stereocenters. The molecular weight excluding hydrogens is 194 g/mol. The Labute approximate surface area is 86.4 Å². The maximum Gasteiger partial charge on any atom is 0.122 e. The fraction of sp³-hybridized carbons (Fsp3) is 0.222. The second kappa shape index (κ2) is 4.05. The Morgan fingerprint density at radius 3 is 2.93 bits per heavy atom. The summed E-state index contributed by atoms with van der Waals surface area (Å²) in [5, 5.41) is 20.7. The van der Waals surface area contributed by atoms with E-state index in [1.807, 2.05) is 0 Å². The molecule has 0 aliphatic carbocycles. The van der Waals surface area contributed by atoms with E-state index >= 15 is 0 Å². The molecule has 3 N–H and O–H groups in total. The molecule has 6 heteroatoms. The number of aromatic nitrogens is 4. The van der Waals surface area contributed by atoms with Crippen molar-refractivity contribution in [2.45, 2.75) is 6.54 Å². The molecule has 2 aromatic rings. The van der Waals surface area contributed by atoms with Gasteiger partial charge in [0.05, 0.1) is 13.2 Å². The Morgan fingerprint density at radius 2 is 2.27 bits per heavy atom. The minimum absolute atomic E-state index is 0.00574. The molecule has 2 aromatic heterocycles. The van der Waals surface area contributed by atoms with Gasteiger partial charge in [0.25, 0.3) is 0 Å². The monoisotopic (exact) mass is 205 g/mol. The highest BCUT2D eigenvalue weighted by molar-refractivity contribution is 5.57. The second-order valence-electron chi connectivity index (χ2n) is 3.01. The zero-order valence-electron chi connectivity index (χ0n) is 8.04. The number of aliphatic hydroxyl groups is 1. The predicted octanol–water partition coefficient (Wildman–Crippen LogP) is -0.0854. The van der Waals surface area contributed by atoms with Crippen LogP contribution in [0.2, 0.25) is 0 Å². The SMILES string of the molecule is Nc1cc(-c2cccnn2)nn1CCO. The van der Waals surface area contributed by atoms with Crippen LogP contribution in [0.3, 0.4) is 0 Å². The normalized spacial score (nSPS) is 10.5. The Bertz CT molecular complexity index is 439. The standard InChI is InChI=1S/C9H11N5O/c10-9-6-8(13-14(9)4-5-15)7-2-1-3-11-12-7/h1-3,6,15H,4-5,10H2. The molecule has 15 heavy (non-hydrogen) atoms. The Hall–Kier alpha value is -1.95. The second-order valence-corrected chi connectivity index (χ2v) is 3.01. The summed E-state index contributed by atoms with van der Waals surface area (Å²) in [4.78, 5) is 0. The van der Waals surface area contributed by atoms with Crippen LogP contribution in [0.1, 0.15) is 0 Å². The van der Waals surface area contributed by atoms with E-state index in [0.29, 0.717) is 23.8 Å². The highest BCUT2D eigenvalue weighted by atomic mass is 16.3. The molecule has 2 heterocycles. The summed E-state index contributed by atoms with van der Waals surface area (Å²) in [6.45, 7) is 0.387. The van der Waals surface area contributed by atoms with Crippen molar-refractivity contribution in [3.05, 3.63) is 24.4 Å². The van der Waals surface area contributed by atoms with Gasteiger partial charge in [-0.15, -0.1) is 5.10 Å². The van der Waals surface area contributed by atoms with Crippen molar-refractivity contribution in [2.24, 2.45) is 0 Å². The van der Waals surface area contributed by atoms with Crippen LogP contribution in [-0.4, -0.2) is 31.7 Å². The number of hydrogen-bond donors (Lipinski definition) is 2. The third-order valence-corrected chi connectivity index (χ3v) is 1.96. The van der Waals surface area contributed by atoms with E-state index in [9.17, 15) is 0 Å². The first-order valence-corrected chi connectivity index (χ1v) is 4.53. The largest absolute Gasteiger partial charge is 0.394 e. The molecule has 6 nitrogen and oxygen atoms in total. The van der Waals surface area contributed by atoms with Crippen LogP contribution in [0.15, 0.2) is 24.4 Å². The van der Waals surface area contributed by atoms with Crippen LogP contribution >= 0.6 is 0 Å². The van der Waals surface area contributed by atoms with Gasteiger partial charge in [-0.25, -0.2) is 4.68 Å². The van der Waals surface area contributed by atoms with Crippen molar-refractivity contribution in [1.29, 1.82) is 0 Å². The van der Waals surface area contributed by atoms with E-state index in [1.165, 1.54) is 4.68 Å². The minimum Gasteiger partial charge on any atom is -0.394 e. The average Bonchev–Trinajstić information content (AvgIpc) is 2.63. The van der Waals surface area contributed by atoms with Gasteiger partial charge < -0.3 is 10.8 Å². The summed E-state index contributed by atoms with van der Waals surface area (Å²) >= 11 is 0. The molecule has 0 aliphatic heterocycles. The van der Waals surface area contributed by atoms with Crippen molar-refractivity contribution < 1.29 is 5.11 Å². The molecule has 2 rings (SSSR count). The van der Waals surface area contributed by atoms with E-state index in [0.717, 1.165) is 0 Å². The van der Waals surface area contributed by atoms with E-state index in [-0.39, 0.29) is 6.61 Å². The lowest BCUT2D eigenvalue weighted by Gasteiger charge is -1.98. The third kappa shape index (κ3) is 1.94. The number of nitrogen functional groups attached to an aromatic ring is 1. The summed E-state index contributed by atoms with van der Waals surface area (Å²) in [6, 6.07) is 5.29. The summed E-state index contributed by atoms with van der Waals surface area (Å²) in [5.74, 6) is 0.504. The van der Waals surface area contributed by atoms with Crippen LogP contribution in [0.25, 0.3) is 11.4 Å². The molecule has 0 saturated heterocycles. The van der Waals surface area contributed by atoms with Gasteiger partial charge in [0.15, 0.2) is 0 Å². The first kappa shape index (κ1) is 9.60. The van der Waals surface area contributed by atoms with Crippen LogP contribution in [-0.2, 0) is 6.54 Å². The summed E-state index contributed by atoms with van der Waals surface area (Å²) in [6.07, 6.45) is 1.59. The van der Waals surface area contributed by atoms with Gasteiger partial charge in [0, 0.05) is 12.3 Å². The topological polar surface area (TPSA) is 89.9 Å². The number of nitrogens with zero attached hydrogens (tertiary/aromatic N) is 4. The number of rotatable bonds is 3. The Balaban J connectivity index is 2.34. The zero-order valence-corrected chi connectivity index (χ0v) is 8.04. The summed E-state index contributed by atoms with van der Waals surface area (Å²) in [5.41, 5.74) is 7.03. The smallest absolute Gasteiger partial charge is 0.122 e. The van der Waals surface area contributed by atoms with Gasteiger partial charge in [-0.3, -0.25) is 0 Å². The molecule has 0 atom stereocenters. The fourth-order valence-corrected chi connectivity index (χ4v) is 1.27. The minimum atomic E-state index is 0.00574. The molecular formula is C9H11N5O. The molecule has 0 saturated carbocycles. The number of aliphatic hydroxyl groups excluding tert-OH is 1. The lowest BCUT2D eigenvalue weighted by molar-refractivity contribution is 0.270. The van der Waals surface area contributed by atoms with Crippen molar-refractivity contribution >= 4 is 5.82 Å². The summed E-state index contributed by atoms with van der Waals surface area (Å²) < 4.78 is 1.53. The van der Waals surface area contributed by atoms with Gasteiger partial charge >= 0.3 is 0 Å². The first-order valence-electron chi connectivity index (χ1n) is 4.53. The molecule has 0 amide bonds. The van der Waals surface area contributed by atoms with Gasteiger partial charge in [0.1, 0.15) is 17.2 Å². The van der Waals surface area contributed by atoms with Crippen molar-refractivity contribution in [2.75, 3.05) is 12.3 Å². The van der Waals surface area contributed by atoms with Crippen molar-refractivity contribution in [3.8, 4) is 11.4 Å². The predicted molar refractivity (Wildman–Crippen MR) is 54.8 cm³/mol. The van der Waals surface area contributed by atoms with Gasteiger partial charge in [-0.1, -0.05) is 0 Å². The molecule has 0 aliphatic rings. The highest BCUT2D eigenvalue weighted by Gasteiger charge is 2.07. The van der Waals surface area contributed by atoms with Gasteiger partial charge in [-0.2, -0.15) is 10.2 Å². The summed E-state index contributed by atoms with van der Waals surface area (Å²) in [7, 11) is 0. The van der Waals surface area contributed by atoms with E-state index in [1.54, 1.807) is 24.4 Å². The Kier molecular flexibility index (Phi) is 2.59. The lowest BCUT2D eigenvalue weighted by Crippen LogP contribution is -2.07. The van der Waals surface area contributed by atoms with E-state index in [2.05, 4.69) is 15.3 Å². The van der Waals surface area contributed by atoms with Gasteiger partial charge in [0.2, 0.25) is 0 Å². The van der Waals surface area contributed by atoms with Crippen LogP contribution < -0.4 is 5.73 Å². The zero-order chi connectivity index (χ0) is 10.7. The van der Waals surface area contributed by atoms with Gasteiger partial charge in [-0.05, 0) is 12.1 Å². The molecule has 0 aromatic carbocycles. The van der Waals surface area contributed by atoms with E-state index < -0.39 is 0 Å². The molecule has 0 spiro atoms. The highest BCUT2D eigenvalue weighted by Crippen LogP contribution is 2.16. The maximum atomic E-state index is 8.78. The average molecular weight is 205 g/mol. The fourth-order valence-electron chi connectivity index (χ4n) is 1.27. The van der Waals surface area contributed by atoms with Crippen molar-refractivity contribution in [3.63, 3.8) is 0 Å². The molecule has 0 radical (unpaired) electrons. The Morgan fingerprint density at radius 1 is 1.40 bits per heavy atom. The molecule has 0 fully saturated rings. The number of anilines is 1. The van der Waals surface area contributed by atoms with Crippen LogP contribution in [0, 0.1) is 0 Å². The first-order chi connectivity index (χ1) is 7.31. The lowest BCUT2D eigenvalue weighted by atomic mass is 10.3. The van der Waals surface area contributed by atoms with Crippen LogP contribution in [0.4, 0.5) is 5.82 Å². The molecule has 0 bridgehead atoms. The molecule has 78 valence electrons. The maximum absolute atomic E-state index is 8.78.